The second-order valence-corrected chi connectivity index (χ2v) is 2.87. The van der Waals surface area contributed by atoms with Gasteiger partial charge >= 0.3 is 12.1 Å². The summed E-state index contributed by atoms with van der Waals surface area (Å²) in [6.07, 6.45) is -0.513. The van der Waals surface area contributed by atoms with Gasteiger partial charge in [0.1, 0.15) is 5.75 Å². The number of carboxylic acid groups (broad SMARTS) is 1. The Morgan fingerprint density at radius 2 is 2.29 bits per heavy atom. The summed E-state index contributed by atoms with van der Waals surface area (Å²) in [5, 5.41) is 11.2. The molecule has 0 fully saturated rings. The first-order chi connectivity index (χ1) is 6.66. The van der Waals surface area contributed by atoms with Crippen LogP contribution in [-0.4, -0.2) is 17.2 Å². The number of carboxylic acids is 1. The van der Waals surface area contributed by atoms with Crippen molar-refractivity contribution in [3.8, 4) is 5.75 Å². The molecule has 0 radical (unpaired) electrons. The maximum absolute atomic E-state index is 10.8. The molecule has 0 saturated heterocycles. The molecule has 5 nitrogen and oxygen atoms in total. The number of rotatable bonds is 1. The topological polar surface area (TPSA) is 75.6 Å². The van der Waals surface area contributed by atoms with Gasteiger partial charge in [-0.25, -0.2) is 9.59 Å². The third-order valence-electron chi connectivity index (χ3n) is 1.93. The number of ether oxygens (including phenoxy) is 1. The fraction of sp³-hybridized carbons (Fsp3) is 0.111. The van der Waals surface area contributed by atoms with Crippen molar-refractivity contribution in [3.05, 3.63) is 29.3 Å². The van der Waals surface area contributed by atoms with E-state index in [0.717, 1.165) is 0 Å². The van der Waals surface area contributed by atoms with Gasteiger partial charge in [-0.3, -0.25) is 0 Å². The zero-order valence-corrected chi connectivity index (χ0v) is 7.11. The van der Waals surface area contributed by atoms with Gasteiger partial charge in [0.2, 0.25) is 0 Å². The van der Waals surface area contributed by atoms with Crippen molar-refractivity contribution in [1.29, 1.82) is 0 Å². The number of fused-ring (bicyclic) bond motifs is 1. The normalized spacial score (nSPS) is 13.9. The minimum Gasteiger partial charge on any atom is -0.478 e. The summed E-state index contributed by atoms with van der Waals surface area (Å²) in [5.74, 6) is -0.580. The predicted octanol–water partition coefficient (Wildman–Crippen LogP) is 0.987. The molecule has 14 heavy (non-hydrogen) atoms. The molecule has 1 aromatic carbocycles. The first-order valence-corrected chi connectivity index (χ1v) is 3.99. The molecule has 1 amide bonds. The number of aromatic carboxylic acids is 1. The average molecular weight is 193 g/mol. The average Bonchev–Trinajstić information content (AvgIpc) is 2.16. The first kappa shape index (κ1) is 8.55. The zero-order chi connectivity index (χ0) is 10.1. The zero-order valence-electron chi connectivity index (χ0n) is 7.11. The smallest absolute Gasteiger partial charge is 0.412 e. The molecule has 2 N–H and O–H groups in total. The van der Waals surface area contributed by atoms with E-state index in [1.165, 1.54) is 18.2 Å². The minimum absolute atomic E-state index is 0.184. The van der Waals surface area contributed by atoms with Crippen molar-refractivity contribution in [2.45, 2.75) is 6.54 Å². The molecule has 1 heterocycles. The van der Waals surface area contributed by atoms with Crippen LogP contribution in [0.2, 0.25) is 0 Å². The van der Waals surface area contributed by atoms with Gasteiger partial charge in [-0.1, -0.05) is 0 Å². The molecule has 0 unspecified atom stereocenters. The van der Waals surface area contributed by atoms with Crippen molar-refractivity contribution in [1.82, 2.24) is 5.32 Å². The van der Waals surface area contributed by atoms with E-state index in [-0.39, 0.29) is 5.56 Å². The number of nitrogens with one attached hydrogen (secondary N) is 1. The van der Waals surface area contributed by atoms with Crippen molar-refractivity contribution < 1.29 is 19.4 Å². The van der Waals surface area contributed by atoms with Crippen LogP contribution in [0, 0.1) is 0 Å². The fourth-order valence-electron chi connectivity index (χ4n) is 1.25. The highest BCUT2D eigenvalue weighted by Crippen LogP contribution is 2.22. The Balaban J connectivity index is 2.41. The molecule has 0 saturated carbocycles. The lowest BCUT2D eigenvalue weighted by molar-refractivity contribution is 0.0696. The van der Waals surface area contributed by atoms with Gasteiger partial charge in [-0.05, 0) is 18.2 Å². The number of hydrogen-bond donors (Lipinski definition) is 2. The Morgan fingerprint density at radius 1 is 1.50 bits per heavy atom. The van der Waals surface area contributed by atoms with Crippen LogP contribution in [0.15, 0.2) is 18.2 Å². The van der Waals surface area contributed by atoms with Gasteiger partial charge in [0, 0.05) is 12.1 Å². The summed E-state index contributed by atoms with van der Waals surface area (Å²) in [6, 6.07) is 4.37. The molecule has 1 aliphatic rings. The largest absolute Gasteiger partial charge is 0.478 e. The van der Waals surface area contributed by atoms with Crippen LogP contribution in [0.1, 0.15) is 15.9 Å². The second-order valence-electron chi connectivity index (χ2n) is 2.87. The summed E-state index contributed by atoms with van der Waals surface area (Å²) in [4.78, 5) is 21.4. The summed E-state index contributed by atoms with van der Waals surface area (Å²) < 4.78 is 4.82. The molecular weight excluding hydrogens is 186 g/mol. The summed E-state index contributed by atoms with van der Waals surface area (Å²) >= 11 is 0. The Kier molecular flexibility index (Phi) is 1.85. The monoisotopic (exact) mass is 193 g/mol. The van der Waals surface area contributed by atoms with E-state index < -0.39 is 12.1 Å². The van der Waals surface area contributed by atoms with Crippen LogP contribution >= 0.6 is 0 Å². The highest BCUT2D eigenvalue weighted by Gasteiger charge is 2.17. The van der Waals surface area contributed by atoms with Crippen molar-refractivity contribution in [2.24, 2.45) is 0 Å². The van der Waals surface area contributed by atoms with Gasteiger partial charge in [0.25, 0.3) is 0 Å². The number of carbonyl (C=O) groups is 2. The van der Waals surface area contributed by atoms with Gasteiger partial charge in [0.15, 0.2) is 0 Å². The predicted molar refractivity (Wildman–Crippen MR) is 46.3 cm³/mol. The quantitative estimate of drug-likeness (QED) is 0.697. The Hall–Kier alpha value is -2.04. The van der Waals surface area contributed by atoms with Crippen LogP contribution in [0.5, 0.6) is 5.75 Å². The molecule has 0 atom stereocenters. The maximum Gasteiger partial charge on any atom is 0.412 e. The highest BCUT2D eigenvalue weighted by atomic mass is 16.6. The molecule has 1 aliphatic heterocycles. The lowest BCUT2D eigenvalue weighted by atomic mass is 10.1. The molecule has 2 rings (SSSR count). The first-order valence-electron chi connectivity index (χ1n) is 3.99. The van der Waals surface area contributed by atoms with Crippen LogP contribution in [0.4, 0.5) is 4.79 Å². The number of amides is 1. The number of carbonyl (C=O) groups excluding carboxylic acids is 1. The van der Waals surface area contributed by atoms with E-state index in [2.05, 4.69) is 5.32 Å². The number of benzene rings is 1. The standard InChI is InChI=1S/C9H7NO4/c11-8(12)5-1-2-7-6(3-5)4-10-9(13)14-7/h1-3H,4H2,(H,10,13)(H,11,12). The molecule has 0 spiro atoms. The van der Waals surface area contributed by atoms with E-state index in [9.17, 15) is 9.59 Å². The summed E-state index contributed by atoms with van der Waals surface area (Å²) in [6.45, 7) is 0.301. The van der Waals surface area contributed by atoms with Crippen LogP contribution < -0.4 is 10.1 Å². The molecule has 5 heteroatoms. The van der Waals surface area contributed by atoms with Gasteiger partial charge in [-0.15, -0.1) is 0 Å². The highest BCUT2D eigenvalue weighted by molar-refractivity contribution is 5.88. The fourth-order valence-corrected chi connectivity index (χ4v) is 1.25. The van der Waals surface area contributed by atoms with Gasteiger partial charge in [-0.2, -0.15) is 0 Å². The maximum atomic E-state index is 10.8. The Bertz CT molecular complexity index is 413. The van der Waals surface area contributed by atoms with E-state index in [1.54, 1.807) is 0 Å². The molecule has 1 aromatic rings. The van der Waals surface area contributed by atoms with Crippen LogP contribution in [-0.2, 0) is 6.54 Å². The minimum atomic E-state index is -0.996. The summed E-state index contributed by atoms with van der Waals surface area (Å²) in [5.41, 5.74) is 0.855. The lowest BCUT2D eigenvalue weighted by Gasteiger charge is -2.16. The molecule has 0 bridgehead atoms. The van der Waals surface area contributed by atoms with Crippen LogP contribution in [0.25, 0.3) is 0 Å². The van der Waals surface area contributed by atoms with Crippen molar-refractivity contribution >= 4 is 12.1 Å². The molecular formula is C9H7NO4. The Labute approximate surface area is 79.3 Å². The van der Waals surface area contributed by atoms with Gasteiger partial charge < -0.3 is 15.2 Å². The summed E-state index contributed by atoms with van der Waals surface area (Å²) in [7, 11) is 0. The van der Waals surface area contributed by atoms with E-state index in [4.69, 9.17) is 9.84 Å². The van der Waals surface area contributed by atoms with E-state index in [0.29, 0.717) is 17.9 Å². The third-order valence-corrected chi connectivity index (χ3v) is 1.93. The second kappa shape index (κ2) is 3.02. The molecule has 72 valence electrons. The van der Waals surface area contributed by atoms with Gasteiger partial charge in [0.05, 0.1) is 5.56 Å². The Morgan fingerprint density at radius 3 is 3.00 bits per heavy atom. The third kappa shape index (κ3) is 1.39. The number of hydrogen-bond acceptors (Lipinski definition) is 3. The lowest BCUT2D eigenvalue weighted by Crippen LogP contribution is -2.31. The molecule has 0 aliphatic carbocycles. The van der Waals surface area contributed by atoms with E-state index >= 15 is 0 Å². The van der Waals surface area contributed by atoms with Crippen LogP contribution in [0.3, 0.4) is 0 Å². The SMILES string of the molecule is O=C1NCc2cc(C(=O)O)ccc2O1. The molecule has 0 aromatic heterocycles. The van der Waals surface area contributed by atoms with Crippen molar-refractivity contribution in [2.75, 3.05) is 0 Å². The van der Waals surface area contributed by atoms with Crippen molar-refractivity contribution in [3.63, 3.8) is 0 Å². The van der Waals surface area contributed by atoms with E-state index in [1.807, 2.05) is 0 Å².